The van der Waals surface area contributed by atoms with Gasteiger partial charge >= 0.3 is 450 Å². The first-order valence-corrected chi connectivity index (χ1v) is 36.7. The predicted molar refractivity (Wildman–Crippen MR) is 296 cm³/mol. The molecule has 0 saturated carbocycles. The summed E-state index contributed by atoms with van der Waals surface area (Å²) in [5.74, 6) is 6.69. The summed E-state index contributed by atoms with van der Waals surface area (Å²) < 4.78 is 16.4. The molecule has 0 aliphatic heterocycles. The number of benzene rings is 6. The first kappa shape index (κ1) is 48.2. The van der Waals surface area contributed by atoms with E-state index >= 15 is 0 Å². The van der Waals surface area contributed by atoms with Gasteiger partial charge in [0, 0.05) is 0 Å². The molecule has 0 aliphatic carbocycles. The van der Waals surface area contributed by atoms with E-state index < -0.39 is 0 Å². The van der Waals surface area contributed by atoms with Crippen molar-refractivity contribution >= 4 is 216 Å². The van der Waals surface area contributed by atoms with E-state index in [0.717, 1.165) is 34.5 Å². The maximum atomic E-state index is 4.73. The van der Waals surface area contributed by atoms with Gasteiger partial charge in [-0.3, -0.25) is 0 Å². The third-order valence-electron chi connectivity index (χ3n) is 9.25. The molecule has 66 heavy (non-hydrogen) atoms. The van der Waals surface area contributed by atoms with E-state index in [0.29, 0.717) is 87.0 Å². The molecule has 0 aliphatic rings. The molecule has 0 fully saturated rings. The van der Waals surface area contributed by atoms with Crippen molar-refractivity contribution in [3.05, 3.63) is 146 Å². The van der Waals surface area contributed by atoms with Gasteiger partial charge in [0.05, 0.1) is 0 Å². The number of nitrogens with zero attached hydrogens (tertiary/aromatic N) is 6. The molecular weight excluding hydrogens is 1330 g/mol. The Morgan fingerprint density at radius 2 is 0.379 bits per heavy atom. The number of aromatic nitrogens is 6. The molecule has 12 aromatic rings. The van der Waals surface area contributed by atoms with Crippen molar-refractivity contribution in [3.8, 4) is 0 Å². The van der Waals surface area contributed by atoms with Gasteiger partial charge in [-0.15, -0.1) is 0 Å². The summed E-state index contributed by atoms with van der Waals surface area (Å²) in [6.45, 7) is 0. The molecule has 0 radical (unpaired) electrons. The Morgan fingerprint density at radius 3 is 0.530 bits per heavy atom. The Bertz CT molecular complexity index is 2680. The summed E-state index contributed by atoms with van der Waals surface area (Å²) in [6.07, 6.45) is 0. The molecule has 0 N–H and O–H groups in total. The van der Waals surface area contributed by atoms with Crippen LogP contribution in [0.3, 0.4) is 0 Å². The molecule has 6 aromatic heterocycles. The Balaban J connectivity index is 0.000000116. The first-order chi connectivity index (χ1) is 32.6. The summed E-state index contributed by atoms with van der Waals surface area (Å²) in [5, 5.41) is 0. The Hall–Kier alpha value is -1.44. The average molecular weight is 1360 g/mol. The van der Waals surface area contributed by atoms with E-state index in [4.69, 9.17) is 29.9 Å². The van der Waals surface area contributed by atoms with E-state index in [1.165, 1.54) is 82.1 Å². The summed E-state index contributed by atoms with van der Waals surface area (Å²) in [7, 11) is 0. The second-order valence-corrected chi connectivity index (χ2v) is 36.8. The number of fused-ring (bicyclic) bond motifs is 6. The van der Waals surface area contributed by atoms with Crippen molar-refractivity contribution in [2.75, 3.05) is 34.5 Å². The van der Waals surface area contributed by atoms with Crippen LogP contribution < -0.4 is 0 Å². The van der Waals surface area contributed by atoms with Crippen molar-refractivity contribution in [1.82, 2.24) is 29.9 Å². The first-order valence-electron chi connectivity index (χ1n) is 20.6. The van der Waals surface area contributed by atoms with Crippen LogP contribution in [-0.4, -0.2) is 151 Å². The van der Waals surface area contributed by atoms with Crippen LogP contribution in [0.25, 0.3) is 58.7 Å². The van der Waals surface area contributed by atoms with Gasteiger partial charge in [0.15, 0.2) is 0 Å². The number of hydrogen-bond donors (Lipinski definition) is 0. The zero-order chi connectivity index (χ0) is 44.3. The maximum absolute atomic E-state index is 4.73. The SMILES string of the molecule is c1ccc2[se]c(SCCSc3nc4ccccc4[se]3)nc2c1.c1ccc2[se]c(SCCSc3nc4ccccc4[se]3)nc2c1.c1ccc2[se]c(SCCSc3nc4ccccc4[se]3)nc2c1. The van der Waals surface area contributed by atoms with E-state index in [1.807, 2.05) is 70.6 Å². The van der Waals surface area contributed by atoms with Gasteiger partial charge in [-0.25, -0.2) is 0 Å². The van der Waals surface area contributed by atoms with Gasteiger partial charge < -0.3 is 0 Å². The van der Waals surface area contributed by atoms with Crippen molar-refractivity contribution in [3.63, 3.8) is 0 Å². The normalized spacial score (nSPS) is 11.5. The number of rotatable bonds is 15. The van der Waals surface area contributed by atoms with Crippen LogP contribution in [0, 0.1) is 0 Å². The molecule has 0 amide bonds. The van der Waals surface area contributed by atoms with Crippen LogP contribution in [-0.2, 0) is 0 Å². The third-order valence-corrected chi connectivity index (χ3v) is 32.0. The van der Waals surface area contributed by atoms with Crippen LogP contribution in [0.5, 0.6) is 0 Å². The molecule has 12 rings (SSSR count). The van der Waals surface area contributed by atoms with Crippen molar-refractivity contribution < 1.29 is 0 Å². The Morgan fingerprint density at radius 1 is 0.227 bits per heavy atom. The summed E-state index contributed by atoms with van der Waals surface area (Å²) in [4.78, 5) is 28.4. The molecule has 330 valence electrons. The van der Waals surface area contributed by atoms with Crippen molar-refractivity contribution in [1.29, 1.82) is 0 Å². The Kier molecular flexibility index (Phi) is 18.0. The fraction of sp³-hybridized carbons (Fsp3) is 0.125. The van der Waals surface area contributed by atoms with Gasteiger partial charge in [0.25, 0.3) is 0 Å². The van der Waals surface area contributed by atoms with Crippen LogP contribution in [0.1, 0.15) is 0 Å². The zero-order valence-corrected chi connectivity index (χ0v) is 49.9. The number of para-hydroxylation sites is 6. The quantitative estimate of drug-likeness (QED) is 0.0557. The topological polar surface area (TPSA) is 77.3 Å². The van der Waals surface area contributed by atoms with Gasteiger partial charge in [0.1, 0.15) is 0 Å². The standard InChI is InChI=1S/3C16H12N2S2Se2/c3*1-3-7-13-11(5-1)17-15(21-13)19-9-10-20-16-18-12-6-2-4-8-14(12)22-16/h3*1-8H,9-10H2. The van der Waals surface area contributed by atoms with Crippen molar-refractivity contribution in [2.45, 2.75) is 23.4 Å². The van der Waals surface area contributed by atoms with Gasteiger partial charge in [-0.05, 0) is 0 Å². The molecule has 6 heterocycles. The molecular formula is C48H36N6S6Se6. The van der Waals surface area contributed by atoms with Crippen LogP contribution in [0.15, 0.2) is 169 Å². The zero-order valence-electron chi connectivity index (χ0n) is 34.7. The van der Waals surface area contributed by atoms with Crippen LogP contribution >= 0.6 is 70.6 Å². The summed E-state index contributed by atoms with van der Waals surface area (Å²) in [5.41, 5.74) is 7.06. The predicted octanol–water partition coefficient (Wildman–Crippen LogP) is 11.3. The van der Waals surface area contributed by atoms with E-state index in [2.05, 4.69) is 146 Å². The van der Waals surface area contributed by atoms with Crippen LogP contribution in [0.2, 0.25) is 0 Å². The second kappa shape index (κ2) is 24.6. The minimum atomic E-state index is 0.414. The monoisotopic (exact) mass is 1370 g/mol. The van der Waals surface area contributed by atoms with Crippen LogP contribution in [0.4, 0.5) is 0 Å². The van der Waals surface area contributed by atoms with Crippen molar-refractivity contribution in [2.24, 2.45) is 0 Å². The molecule has 18 heteroatoms. The summed E-state index contributed by atoms with van der Waals surface area (Å²) >= 11 is 14.0. The third kappa shape index (κ3) is 13.3. The fourth-order valence-corrected chi connectivity index (χ4v) is 27.6. The second-order valence-electron chi connectivity index (χ2n) is 13.8. The molecule has 0 spiro atoms. The number of hydrogen-bond acceptors (Lipinski definition) is 12. The van der Waals surface area contributed by atoms with E-state index in [-0.39, 0.29) is 0 Å². The fourth-order valence-electron chi connectivity index (χ4n) is 6.25. The minimum absolute atomic E-state index is 0.414. The molecule has 0 unspecified atom stereocenters. The molecule has 0 atom stereocenters. The molecule has 6 nitrogen and oxygen atoms in total. The molecule has 0 saturated heterocycles. The molecule has 0 bridgehead atoms. The van der Waals surface area contributed by atoms with Gasteiger partial charge in [-0.2, -0.15) is 0 Å². The van der Waals surface area contributed by atoms with Gasteiger partial charge in [0.2, 0.25) is 0 Å². The van der Waals surface area contributed by atoms with Gasteiger partial charge in [-0.1, -0.05) is 0 Å². The van der Waals surface area contributed by atoms with E-state index in [1.54, 1.807) is 0 Å². The Labute approximate surface area is 444 Å². The van der Waals surface area contributed by atoms with E-state index in [9.17, 15) is 0 Å². The molecule has 6 aromatic carbocycles. The summed E-state index contributed by atoms with van der Waals surface area (Å²) in [6, 6.07) is 51.0. The number of thioether (sulfide) groups is 6. The average Bonchev–Trinajstić information content (AvgIpc) is 4.22.